The Kier molecular flexibility index (Phi) is 4.76. The monoisotopic (exact) mass is 272 g/mol. The van der Waals surface area contributed by atoms with Gasteiger partial charge in [0, 0.05) is 24.1 Å². The van der Waals surface area contributed by atoms with Crippen LogP contribution in [0.15, 0.2) is 42.7 Å². The van der Waals surface area contributed by atoms with Crippen LogP contribution in [0, 0.1) is 0 Å². The van der Waals surface area contributed by atoms with E-state index in [0.717, 1.165) is 24.2 Å². The van der Waals surface area contributed by atoms with E-state index in [2.05, 4.69) is 15.7 Å². The fourth-order valence-corrected chi connectivity index (χ4v) is 1.77. The first-order valence-corrected chi connectivity index (χ1v) is 6.81. The van der Waals surface area contributed by atoms with E-state index < -0.39 is 0 Å². The molecule has 0 saturated heterocycles. The molecule has 0 radical (unpaired) electrons. The molecule has 0 bridgehead atoms. The first-order chi connectivity index (χ1) is 9.67. The highest BCUT2D eigenvalue weighted by Gasteiger charge is 2.05. The quantitative estimate of drug-likeness (QED) is 0.879. The van der Waals surface area contributed by atoms with Crippen LogP contribution < -0.4 is 10.6 Å². The lowest BCUT2D eigenvalue weighted by atomic mass is 10.2. The fourth-order valence-electron chi connectivity index (χ4n) is 1.77. The largest absolute Gasteiger partial charge is 0.335 e. The molecule has 1 aromatic carbocycles. The van der Waals surface area contributed by atoms with Crippen LogP contribution in [0.3, 0.4) is 0 Å². The van der Waals surface area contributed by atoms with Gasteiger partial charge in [0.05, 0.1) is 6.54 Å². The zero-order valence-corrected chi connectivity index (χ0v) is 11.8. The van der Waals surface area contributed by atoms with E-state index in [0.29, 0.717) is 0 Å². The first-order valence-electron chi connectivity index (χ1n) is 6.81. The molecule has 0 aliphatic rings. The number of nitrogens with one attached hydrogen (secondary N) is 2. The molecule has 2 aromatic rings. The molecule has 0 spiro atoms. The van der Waals surface area contributed by atoms with Gasteiger partial charge in [-0.05, 0) is 37.1 Å². The Labute approximate surface area is 119 Å². The Morgan fingerprint density at radius 1 is 1.35 bits per heavy atom. The lowest BCUT2D eigenvalue weighted by Crippen LogP contribution is -2.35. The lowest BCUT2D eigenvalue weighted by molar-refractivity contribution is 0.249. The van der Waals surface area contributed by atoms with Crippen molar-refractivity contribution in [3.8, 4) is 0 Å². The Hall–Kier alpha value is -2.30. The molecule has 2 N–H and O–H groups in total. The van der Waals surface area contributed by atoms with Gasteiger partial charge in [0.15, 0.2) is 0 Å². The highest BCUT2D eigenvalue weighted by Crippen LogP contribution is 2.10. The van der Waals surface area contributed by atoms with Gasteiger partial charge < -0.3 is 10.6 Å². The van der Waals surface area contributed by atoms with Crippen molar-refractivity contribution in [2.24, 2.45) is 0 Å². The summed E-state index contributed by atoms with van der Waals surface area (Å²) in [6.07, 6.45) is 4.59. The molecule has 2 rings (SSSR count). The molecule has 1 heterocycles. The number of hydrogen-bond acceptors (Lipinski definition) is 2. The second kappa shape index (κ2) is 6.75. The van der Waals surface area contributed by atoms with Gasteiger partial charge in [-0.3, -0.25) is 4.68 Å². The highest BCUT2D eigenvalue weighted by molar-refractivity contribution is 5.89. The Bertz CT molecular complexity index is 534. The van der Waals surface area contributed by atoms with E-state index in [1.54, 1.807) is 6.20 Å². The summed E-state index contributed by atoms with van der Waals surface area (Å²) >= 11 is 0. The van der Waals surface area contributed by atoms with Crippen molar-refractivity contribution < 1.29 is 4.79 Å². The van der Waals surface area contributed by atoms with E-state index in [1.807, 2.05) is 55.1 Å². The Morgan fingerprint density at radius 3 is 2.70 bits per heavy atom. The number of nitrogens with zero attached hydrogens (tertiary/aromatic N) is 2. The van der Waals surface area contributed by atoms with Crippen molar-refractivity contribution in [1.82, 2.24) is 15.1 Å². The zero-order valence-electron chi connectivity index (χ0n) is 11.8. The third-order valence-corrected chi connectivity index (χ3v) is 3.11. The molecule has 0 fully saturated rings. The summed E-state index contributed by atoms with van der Waals surface area (Å²) < 4.78 is 1.86. The van der Waals surface area contributed by atoms with E-state index >= 15 is 0 Å². The number of amides is 2. The van der Waals surface area contributed by atoms with Crippen molar-refractivity contribution in [3.63, 3.8) is 0 Å². The summed E-state index contributed by atoms with van der Waals surface area (Å²) in [5.74, 6) is 0. The number of rotatable bonds is 5. The SMILES string of the molecule is CC[C@H](C)NC(=O)Nc1ccc(Cn2cccn2)cc1. The summed E-state index contributed by atoms with van der Waals surface area (Å²) in [5.41, 5.74) is 1.93. The molecule has 0 unspecified atom stereocenters. The summed E-state index contributed by atoms with van der Waals surface area (Å²) in [6.45, 7) is 4.74. The smallest absolute Gasteiger partial charge is 0.319 e. The van der Waals surface area contributed by atoms with Crippen LogP contribution >= 0.6 is 0 Å². The fraction of sp³-hybridized carbons (Fsp3) is 0.333. The van der Waals surface area contributed by atoms with Crippen molar-refractivity contribution >= 4 is 11.7 Å². The zero-order chi connectivity index (χ0) is 14.4. The van der Waals surface area contributed by atoms with Crippen LogP contribution in [0.1, 0.15) is 25.8 Å². The predicted octanol–water partition coefficient (Wildman–Crippen LogP) is 2.85. The standard InChI is InChI=1S/C15H20N4O/c1-3-12(2)17-15(20)18-14-7-5-13(6-8-14)11-19-10-4-9-16-19/h4-10,12H,3,11H2,1-2H3,(H2,17,18,20)/t12-/m0/s1. The molecule has 0 aliphatic carbocycles. The van der Waals surface area contributed by atoms with Crippen LogP contribution in [0.4, 0.5) is 10.5 Å². The number of hydrogen-bond donors (Lipinski definition) is 2. The maximum Gasteiger partial charge on any atom is 0.319 e. The normalized spacial score (nSPS) is 11.9. The number of urea groups is 1. The first kappa shape index (κ1) is 14.1. The molecule has 0 saturated carbocycles. The maximum atomic E-state index is 11.7. The third kappa shape index (κ3) is 4.12. The van der Waals surface area contributed by atoms with Gasteiger partial charge in [-0.2, -0.15) is 5.10 Å². The van der Waals surface area contributed by atoms with Crippen LogP contribution in [0.5, 0.6) is 0 Å². The Balaban J connectivity index is 1.89. The molecule has 106 valence electrons. The van der Waals surface area contributed by atoms with Gasteiger partial charge in [0.1, 0.15) is 0 Å². The minimum atomic E-state index is -0.167. The molecule has 2 amide bonds. The van der Waals surface area contributed by atoms with E-state index in [1.165, 1.54) is 0 Å². The van der Waals surface area contributed by atoms with Crippen LogP contribution in [-0.4, -0.2) is 21.9 Å². The number of carbonyl (C=O) groups is 1. The number of aromatic nitrogens is 2. The van der Waals surface area contributed by atoms with Crippen molar-refractivity contribution in [2.45, 2.75) is 32.9 Å². The van der Waals surface area contributed by atoms with Crippen molar-refractivity contribution in [1.29, 1.82) is 0 Å². The number of anilines is 1. The van der Waals surface area contributed by atoms with Crippen LogP contribution in [0.2, 0.25) is 0 Å². The molecular formula is C15H20N4O. The minimum absolute atomic E-state index is 0.167. The minimum Gasteiger partial charge on any atom is -0.335 e. The summed E-state index contributed by atoms with van der Waals surface area (Å²) in [4.78, 5) is 11.7. The van der Waals surface area contributed by atoms with E-state index in [9.17, 15) is 4.79 Å². The van der Waals surface area contributed by atoms with Crippen molar-refractivity contribution in [2.75, 3.05) is 5.32 Å². The topological polar surface area (TPSA) is 59.0 Å². The van der Waals surface area contributed by atoms with Gasteiger partial charge >= 0.3 is 6.03 Å². The maximum absolute atomic E-state index is 11.7. The van der Waals surface area contributed by atoms with Gasteiger partial charge in [0.2, 0.25) is 0 Å². The van der Waals surface area contributed by atoms with Gasteiger partial charge in [-0.25, -0.2) is 4.79 Å². The van der Waals surface area contributed by atoms with Gasteiger partial charge in [-0.15, -0.1) is 0 Å². The van der Waals surface area contributed by atoms with Crippen LogP contribution in [0.25, 0.3) is 0 Å². The third-order valence-electron chi connectivity index (χ3n) is 3.11. The second-order valence-electron chi connectivity index (χ2n) is 4.81. The number of benzene rings is 1. The van der Waals surface area contributed by atoms with Gasteiger partial charge in [-0.1, -0.05) is 19.1 Å². The lowest BCUT2D eigenvalue weighted by Gasteiger charge is -2.12. The molecule has 5 heteroatoms. The summed E-state index contributed by atoms with van der Waals surface area (Å²) in [7, 11) is 0. The number of carbonyl (C=O) groups excluding carboxylic acids is 1. The molecule has 0 aliphatic heterocycles. The van der Waals surface area contributed by atoms with E-state index in [-0.39, 0.29) is 12.1 Å². The van der Waals surface area contributed by atoms with Crippen LogP contribution in [-0.2, 0) is 6.54 Å². The van der Waals surface area contributed by atoms with Gasteiger partial charge in [0.25, 0.3) is 0 Å². The molecule has 1 aromatic heterocycles. The second-order valence-corrected chi connectivity index (χ2v) is 4.81. The average molecular weight is 272 g/mol. The van der Waals surface area contributed by atoms with E-state index in [4.69, 9.17) is 0 Å². The highest BCUT2D eigenvalue weighted by atomic mass is 16.2. The summed E-state index contributed by atoms with van der Waals surface area (Å²) in [6, 6.07) is 9.67. The average Bonchev–Trinajstić information content (AvgIpc) is 2.93. The molecule has 20 heavy (non-hydrogen) atoms. The predicted molar refractivity (Wildman–Crippen MR) is 79.7 cm³/mol. The molecular weight excluding hydrogens is 252 g/mol. The Morgan fingerprint density at radius 2 is 2.10 bits per heavy atom. The van der Waals surface area contributed by atoms with Crippen molar-refractivity contribution in [3.05, 3.63) is 48.3 Å². The summed E-state index contributed by atoms with van der Waals surface area (Å²) in [5, 5.41) is 9.85. The molecule has 5 nitrogen and oxygen atoms in total. The molecule has 1 atom stereocenters.